The molecule has 1 aliphatic rings. The van der Waals surface area contributed by atoms with Crippen LogP contribution in [0.4, 0.5) is 5.69 Å². The average molecular weight is 284 g/mol. The van der Waals surface area contributed by atoms with E-state index in [1.807, 2.05) is 30.3 Å². The molecule has 19 heavy (non-hydrogen) atoms. The molecular formula is C12H16N2O4S. The first kappa shape index (κ1) is 14.0. The highest BCUT2D eigenvalue weighted by Crippen LogP contribution is 2.17. The lowest BCUT2D eigenvalue weighted by Gasteiger charge is -2.32. The Morgan fingerprint density at radius 3 is 2.68 bits per heavy atom. The van der Waals surface area contributed by atoms with Crippen LogP contribution in [0.2, 0.25) is 0 Å². The molecule has 1 unspecified atom stereocenters. The largest absolute Gasteiger partial charge is 0.365 e. The second-order valence-corrected chi connectivity index (χ2v) is 6.23. The minimum Gasteiger partial charge on any atom is -0.365 e. The normalized spacial score (nSPS) is 20.6. The maximum absolute atomic E-state index is 11.8. The van der Waals surface area contributed by atoms with E-state index in [-0.39, 0.29) is 25.2 Å². The third-order valence-electron chi connectivity index (χ3n) is 2.77. The lowest BCUT2D eigenvalue weighted by Crippen LogP contribution is -2.50. The highest BCUT2D eigenvalue weighted by atomic mass is 32.2. The van der Waals surface area contributed by atoms with Gasteiger partial charge in [0.1, 0.15) is 6.61 Å². The van der Waals surface area contributed by atoms with Crippen LogP contribution in [0.5, 0.6) is 0 Å². The number of hydrogen-bond donors (Lipinski definition) is 1. The fraction of sp³-hybridized carbons (Fsp3) is 0.417. The third kappa shape index (κ3) is 4.02. The molecule has 0 bridgehead atoms. The fourth-order valence-electron chi connectivity index (χ4n) is 1.85. The number of para-hydroxylation sites is 1. The Morgan fingerprint density at radius 2 is 2.05 bits per heavy atom. The molecule has 7 heteroatoms. The van der Waals surface area contributed by atoms with E-state index in [9.17, 15) is 13.2 Å². The van der Waals surface area contributed by atoms with Crippen LogP contribution in [-0.2, 0) is 19.6 Å². The molecule has 1 aromatic carbocycles. The Bertz CT molecular complexity index is 544. The van der Waals surface area contributed by atoms with Crippen LogP contribution in [0.25, 0.3) is 0 Å². The maximum Gasteiger partial charge on any atom is 0.253 e. The molecule has 0 radical (unpaired) electrons. The summed E-state index contributed by atoms with van der Waals surface area (Å²) in [6, 6.07) is 9.25. The molecule has 1 fully saturated rings. The molecule has 1 aromatic rings. The molecule has 0 spiro atoms. The zero-order chi connectivity index (χ0) is 13.9. The van der Waals surface area contributed by atoms with Gasteiger partial charge >= 0.3 is 0 Å². The van der Waals surface area contributed by atoms with Crippen molar-refractivity contribution in [2.45, 2.75) is 6.10 Å². The highest BCUT2D eigenvalue weighted by Gasteiger charge is 2.27. The average Bonchev–Trinajstić information content (AvgIpc) is 2.38. The Kier molecular flexibility index (Phi) is 4.18. The van der Waals surface area contributed by atoms with Gasteiger partial charge in [0.25, 0.3) is 5.91 Å². The van der Waals surface area contributed by atoms with Crippen LogP contribution < -0.4 is 9.62 Å². The lowest BCUT2D eigenvalue weighted by atomic mass is 10.2. The molecule has 104 valence electrons. The molecule has 2 rings (SSSR count). The molecule has 1 heterocycles. The number of benzene rings is 1. The molecule has 0 aromatic heterocycles. The summed E-state index contributed by atoms with van der Waals surface area (Å²) in [4.78, 5) is 13.4. The topological polar surface area (TPSA) is 75.7 Å². The molecule has 1 N–H and O–H groups in total. The first-order valence-electron chi connectivity index (χ1n) is 5.87. The number of nitrogens with one attached hydrogen (secondary N) is 1. The van der Waals surface area contributed by atoms with Gasteiger partial charge in [0.2, 0.25) is 10.0 Å². The molecule has 0 aliphatic carbocycles. The molecule has 1 amide bonds. The molecular weight excluding hydrogens is 268 g/mol. The van der Waals surface area contributed by atoms with Gasteiger partial charge in [-0.2, -0.15) is 0 Å². The van der Waals surface area contributed by atoms with Crippen molar-refractivity contribution in [2.24, 2.45) is 0 Å². The number of amides is 1. The lowest BCUT2D eigenvalue weighted by molar-refractivity contribution is -0.129. The number of hydrogen-bond acceptors (Lipinski definition) is 4. The SMILES string of the molecule is CS(=O)(=O)NCC1CN(c2ccccc2)C(=O)CO1. The predicted molar refractivity (Wildman–Crippen MR) is 71.4 cm³/mol. The summed E-state index contributed by atoms with van der Waals surface area (Å²) in [5.74, 6) is -0.123. The summed E-state index contributed by atoms with van der Waals surface area (Å²) in [6.07, 6.45) is 0.753. The zero-order valence-electron chi connectivity index (χ0n) is 10.6. The highest BCUT2D eigenvalue weighted by molar-refractivity contribution is 7.88. The number of ether oxygens (including phenoxy) is 1. The van der Waals surface area contributed by atoms with Crippen molar-refractivity contribution in [1.82, 2.24) is 4.72 Å². The van der Waals surface area contributed by atoms with Gasteiger partial charge in [-0.05, 0) is 12.1 Å². The Labute approximate surface area is 112 Å². The number of anilines is 1. The Balaban J connectivity index is 2.02. The van der Waals surface area contributed by atoms with Gasteiger partial charge in [0.15, 0.2) is 0 Å². The van der Waals surface area contributed by atoms with Crippen LogP contribution in [0.1, 0.15) is 0 Å². The maximum atomic E-state index is 11.8. The first-order valence-corrected chi connectivity index (χ1v) is 7.76. The number of rotatable bonds is 4. The van der Waals surface area contributed by atoms with Crippen LogP contribution in [0.15, 0.2) is 30.3 Å². The smallest absolute Gasteiger partial charge is 0.253 e. The van der Waals surface area contributed by atoms with E-state index in [1.54, 1.807) is 4.90 Å². The van der Waals surface area contributed by atoms with E-state index in [2.05, 4.69) is 4.72 Å². The van der Waals surface area contributed by atoms with Gasteiger partial charge in [-0.3, -0.25) is 4.79 Å². The third-order valence-corrected chi connectivity index (χ3v) is 3.46. The van der Waals surface area contributed by atoms with Crippen molar-refractivity contribution in [3.8, 4) is 0 Å². The van der Waals surface area contributed by atoms with Crippen molar-refractivity contribution in [2.75, 3.05) is 30.9 Å². The number of carbonyl (C=O) groups excluding carboxylic acids is 1. The quantitative estimate of drug-likeness (QED) is 0.842. The van der Waals surface area contributed by atoms with Gasteiger partial charge in [-0.25, -0.2) is 13.1 Å². The summed E-state index contributed by atoms with van der Waals surface area (Å²) in [6.45, 7) is 0.464. The van der Waals surface area contributed by atoms with Crippen LogP contribution in [0, 0.1) is 0 Å². The summed E-state index contributed by atoms with van der Waals surface area (Å²) in [5.41, 5.74) is 0.792. The molecule has 1 atom stereocenters. The minimum atomic E-state index is -3.25. The van der Waals surface area contributed by atoms with Crippen molar-refractivity contribution in [1.29, 1.82) is 0 Å². The summed E-state index contributed by atoms with van der Waals surface area (Å²) in [5, 5.41) is 0. The number of carbonyl (C=O) groups is 1. The van der Waals surface area contributed by atoms with E-state index >= 15 is 0 Å². The second kappa shape index (κ2) is 5.68. The Morgan fingerprint density at radius 1 is 1.37 bits per heavy atom. The van der Waals surface area contributed by atoms with E-state index < -0.39 is 10.0 Å². The molecule has 6 nitrogen and oxygen atoms in total. The predicted octanol–water partition coefficient (Wildman–Crippen LogP) is -0.0324. The van der Waals surface area contributed by atoms with Crippen molar-refractivity contribution in [3.63, 3.8) is 0 Å². The molecule has 0 saturated carbocycles. The van der Waals surface area contributed by atoms with Crippen LogP contribution in [0.3, 0.4) is 0 Å². The first-order chi connectivity index (χ1) is 8.96. The summed E-state index contributed by atoms with van der Waals surface area (Å²) < 4.78 is 29.8. The minimum absolute atomic E-state index is 0.0367. The van der Waals surface area contributed by atoms with Crippen molar-refractivity contribution >= 4 is 21.6 Å². The standard InChI is InChI=1S/C12H16N2O4S/c1-19(16,17)13-7-11-8-14(12(15)9-18-11)10-5-3-2-4-6-10/h2-6,11,13H,7-9H2,1H3. The van der Waals surface area contributed by atoms with Crippen LogP contribution in [-0.4, -0.2) is 46.4 Å². The number of sulfonamides is 1. The summed E-state index contributed by atoms with van der Waals surface area (Å²) >= 11 is 0. The molecule has 1 saturated heterocycles. The van der Waals surface area contributed by atoms with Gasteiger partial charge < -0.3 is 9.64 Å². The van der Waals surface area contributed by atoms with Crippen molar-refractivity contribution < 1.29 is 17.9 Å². The monoisotopic (exact) mass is 284 g/mol. The summed E-state index contributed by atoms with van der Waals surface area (Å²) in [7, 11) is -3.25. The van der Waals surface area contributed by atoms with Gasteiger partial charge in [-0.15, -0.1) is 0 Å². The second-order valence-electron chi connectivity index (χ2n) is 4.39. The van der Waals surface area contributed by atoms with E-state index in [0.29, 0.717) is 6.54 Å². The van der Waals surface area contributed by atoms with E-state index in [1.165, 1.54) is 0 Å². The van der Waals surface area contributed by atoms with E-state index in [0.717, 1.165) is 11.9 Å². The van der Waals surface area contributed by atoms with E-state index in [4.69, 9.17) is 4.74 Å². The zero-order valence-corrected chi connectivity index (χ0v) is 11.4. The van der Waals surface area contributed by atoms with Gasteiger partial charge in [0, 0.05) is 12.2 Å². The number of morpholine rings is 1. The fourth-order valence-corrected chi connectivity index (χ4v) is 2.34. The van der Waals surface area contributed by atoms with Gasteiger partial charge in [-0.1, -0.05) is 18.2 Å². The van der Waals surface area contributed by atoms with Crippen molar-refractivity contribution in [3.05, 3.63) is 30.3 Å². The Hall–Kier alpha value is -1.44. The van der Waals surface area contributed by atoms with Crippen LogP contribution >= 0.6 is 0 Å². The van der Waals surface area contributed by atoms with Gasteiger partial charge in [0.05, 0.1) is 18.9 Å². The number of nitrogens with zero attached hydrogens (tertiary/aromatic N) is 1. The molecule has 1 aliphatic heterocycles.